The first kappa shape index (κ1) is 15.5. The molecular weight excluding hydrogens is 304 g/mol. The Morgan fingerprint density at radius 3 is 2.52 bits per heavy atom. The molecule has 0 bridgehead atoms. The summed E-state index contributed by atoms with van der Waals surface area (Å²) in [4.78, 5) is 0. The Balaban J connectivity index is 1.63. The van der Waals surface area contributed by atoms with E-state index >= 15 is 0 Å². The van der Waals surface area contributed by atoms with Gasteiger partial charge in [-0.05, 0) is 67.5 Å². The molecule has 0 atom stereocenters. The second-order valence-corrected chi connectivity index (χ2v) is 9.12. The summed E-state index contributed by atoms with van der Waals surface area (Å²) in [7, 11) is -3.34. The topological polar surface area (TPSA) is 58.2 Å². The summed E-state index contributed by atoms with van der Waals surface area (Å²) in [6.45, 7) is 3.83. The standard InChI is InChI=1S/C15H24N2O2S2/c1-2-7-16-9-11-8-14(20-10-11)21(18,19)17-15(12-3-4-12)13-5-6-13/h8,10,12-13,15-17H,2-7,9H2,1H3. The highest BCUT2D eigenvalue weighted by molar-refractivity contribution is 7.91. The lowest BCUT2D eigenvalue weighted by atomic mass is 10.1. The van der Waals surface area contributed by atoms with E-state index in [9.17, 15) is 8.42 Å². The molecular formula is C15H24N2O2S2. The number of rotatable bonds is 9. The van der Waals surface area contributed by atoms with Crippen LogP contribution in [-0.4, -0.2) is 21.0 Å². The normalized spacial score (nSPS) is 19.3. The van der Waals surface area contributed by atoms with Crippen molar-refractivity contribution in [3.63, 3.8) is 0 Å². The summed E-state index contributed by atoms with van der Waals surface area (Å²) in [5.41, 5.74) is 1.06. The van der Waals surface area contributed by atoms with Crippen LogP contribution < -0.4 is 10.0 Å². The second-order valence-electron chi connectivity index (χ2n) is 6.27. The fourth-order valence-electron chi connectivity index (χ4n) is 2.72. The largest absolute Gasteiger partial charge is 0.313 e. The Morgan fingerprint density at radius 2 is 1.95 bits per heavy atom. The predicted molar refractivity (Wildman–Crippen MR) is 85.9 cm³/mol. The number of nitrogens with one attached hydrogen (secondary N) is 2. The van der Waals surface area contributed by atoms with Gasteiger partial charge in [0, 0.05) is 12.6 Å². The van der Waals surface area contributed by atoms with Gasteiger partial charge in [-0.1, -0.05) is 6.92 Å². The van der Waals surface area contributed by atoms with Crippen LogP contribution in [0.1, 0.15) is 44.6 Å². The molecule has 4 nitrogen and oxygen atoms in total. The minimum absolute atomic E-state index is 0.179. The SMILES string of the molecule is CCCNCc1csc(S(=O)(=O)NC(C2CC2)C2CC2)c1. The van der Waals surface area contributed by atoms with Crippen LogP contribution in [0.5, 0.6) is 0 Å². The highest BCUT2D eigenvalue weighted by atomic mass is 32.2. The Bertz CT molecular complexity index is 562. The average molecular weight is 329 g/mol. The van der Waals surface area contributed by atoms with Crippen molar-refractivity contribution in [3.8, 4) is 0 Å². The molecule has 0 aromatic carbocycles. The van der Waals surface area contributed by atoms with Gasteiger partial charge >= 0.3 is 0 Å². The predicted octanol–water partition coefficient (Wildman–Crippen LogP) is 2.71. The molecule has 118 valence electrons. The van der Waals surface area contributed by atoms with Gasteiger partial charge in [-0.2, -0.15) is 0 Å². The average Bonchev–Trinajstić information content (AvgIpc) is 3.36. The maximum absolute atomic E-state index is 12.5. The maximum atomic E-state index is 12.5. The van der Waals surface area contributed by atoms with E-state index in [1.165, 1.54) is 37.0 Å². The van der Waals surface area contributed by atoms with Crippen LogP contribution in [-0.2, 0) is 16.6 Å². The summed E-state index contributed by atoms with van der Waals surface area (Å²) in [5, 5.41) is 5.25. The highest BCUT2D eigenvalue weighted by Crippen LogP contribution is 2.45. The molecule has 0 unspecified atom stereocenters. The maximum Gasteiger partial charge on any atom is 0.250 e. The Morgan fingerprint density at radius 1 is 1.29 bits per heavy atom. The third-order valence-electron chi connectivity index (χ3n) is 4.20. The van der Waals surface area contributed by atoms with E-state index < -0.39 is 10.0 Å². The second kappa shape index (κ2) is 6.36. The van der Waals surface area contributed by atoms with Crippen molar-refractivity contribution < 1.29 is 8.42 Å². The van der Waals surface area contributed by atoms with Gasteiger partial charge in [0.1, 0.15) is 4.21 Å². The summed E-state index contributed by atoms with van der Waals surface area (Å²) >= 11 is 1.33. The molecule has 0 spiro atoms. The third-order valence-corrected chi connectivity index (χ3v) is 7.15. The lowest BCUT2D eigenvalue weighted by Crippen LogP contribution is -2.37. The number of hydrogen-bond acceptors (Lipinski definition) is 4. The van der Waals surface area contributed by atoms with Crippen LogP contribution in [0.3, 0.4) is 0 Å². The van der Waals surface area contributed by atoms with Gasteiger partial charge < -0.3 is 5.32 Å². The summed E-state index contributed by atoms with van der Waals surface area (Å²) in [6, 6.07) is 1.99. The van der Waals surface area contributed by atoms with Crippen molar-refractivity contribution in [1.82, 2.24) is 10.0 Å². The molecule has 0 saturated heterocycles. The van der Waals surface area contributed by atoms with Crippen molar-refractivity contribution in [1.29, 1.82) is 0 Å². The number of thiophene rings is 1. The Labute approximate surface area is 131 Å². The molecule has 2 aliphatic carbocycles. The molecule has 3 rings (SSSR count). The van der Waals surface area contributed by atoms with E-state index in [-0.39, 0.29) is 6.04 Å². The minimum atomic E-state index is -3.34. The fraction of sp³-hybridized carbons (Fsp3) is 0.733. The zero-order valence-corrected chi connectivity index (χ0v) is 14.1. The van der Waals surface area contributed by atoms with Gasteiger partial charge in [-0.15, -0.1) is 11.3 Å². The third kappa shape index (κ3) is 4.06. The molecule has 2 aliphatic rings. The molecule has 6 heteroatoms. The molecule has 1 heterocycles. The van der Waals surface area contributed by atoms with Gasteiger partial charge in [0.2, 0.25) is 10.0 Å². The van der Waals surface area contributed by atoms with Crippen molar-refractivity contribution in [2.45, 2.75) is 55.8 Å². The van der Waals surface area contributed by atoms with Crippen LogP contribution in [0.25, 0.3) is 0 Å². The lowest BCUT2D eigenvalue weighted by molar-refractivity contribution is 0.472. The first-order valence-electron chi connectivity index (χ1n) is 7.90. The monoisotopic (exact) mass is 328 g/mol. The molecule has 0 amide bonds. The number of sulfonamides is 1. The quantitative estimate of drug-likeness (QED) is 0.685. The van der Waals surface area contributed by atoms with E-state index in [2.05, 4.69) is 17.0 Å². The summed E-state index contributed by atoms with van der Waals surface area (Å²) in [6.07, 6.45) is 5.81. The summed E-state index contributed by atoms with van der Waals surface area (Å²) < 4.78 is 28.5. The Kier molecular flexibility index (Phi) is 4.69. The first-order valence-corrected chi connectivity index (χ1v) is 10.3. The van der Waals surface area contributed by atoms with E-state index in [0.717, 1.165) is 25.1 Å². The van der Waals surface area contributed by atoms with E-state index in [1.54, 1.807) is 0 Å². The Hall–Kier alpha value is -0.430. The molecule has 0 aliphatic heterocycles. The zero-order valence-electron chi connectivity index (χ0n) is 12.5. The lowest BCUT2D eigenvalue weighted by Gasteiger charge is -2.16. The van der Waals surface area contributed by atoms with Crippen molar-refractivity contribution >= 4 is 21.4 Å². The van der Waals surface area contributed by atoms with Gasteiger partial charge in [-0.25, -0.2) is 13.1 Å². The van der Waals surface area contributed by atoms with E-state index in [4.69, 9.17) is 0 Å². The molecule has 21 heavy (non-hydrogen) atoms. The fourth-order valence-corrected chi connectivity index (χ4v) is 5.32. The van der Waals surface area contributed by atoms with Gasteiger partial charge in [-0.3, -0.25) is 0 Å². The van der Waals surface area contributed by atoms with Crippen molar-refractivity contribution in [3.05, 3.63) is 17.0 Å². The van der Waals surface area contributed by atoms with E-state index in [0.29, 0.717) is 16.0 Å². The molecule has 1 aromatic rings. The van der Waals surface area contributed by atoms with Gasteiger partial charge in [0.25, 0.3) is 0 Å². The molecule has 0 radical (unpaired) electrons. The van der Waals surface area contributed by atoms with E-state index in [1.807, 2.05) is 11.4 Å². The molecule has 2 saturated carbocycles. The van der Waals surface area contributed by atoms with Crippen molar-refractivity contribution in [2.75, 3.05) is 6.54 Å². The van der Waals surface area contributed by atoms with Crippen LogP contribution in [0, 0.1) is 11.8 Å². The van der Waals surface area contributed by atoms with Crippen LogP contribution >= 0.6 is 11.3 Å². The molecule has 2 N–H and O–H groups in total. The molecule has 2 fully saturated rings. The smallest absolute Gasteiger partial charge is 0.250 e. The highest BCUT2D eigenvalue weighted by Gasteiger charge is 2.43. The van der Waals surface area contributed by atoms with Crippen LogP contribution in [0.2, 0.25) is 0 Å². The van der Waals surface area contributed by atoms with Crippen LogP contribution in [0.15, 0.2) is 15.7 Å². The number of hydrogen-bond donors (Lipinski definition) is 2. The van der Waals surface area contributed by atoms with Gasteiger partial charge in [0.05, 0.1) is 0 Å². The summed E-state index contributed by atoms with van der Waals surface area (Å²) in [5.74, 6) is 1.16. The zero-order chi connectivity index (χ0) is 14.9. The van der Waals surface area contributed by atoms with Gasteiger partial charge in [0.15, 0.2) is 0 Å². The van der Waals surface area contributed by atoms with Crippen LogP contribution in [0.4, 0.5) is 0 Å². The molecule has 1 aromatic heterocycles. The van der Waals surface area contributed by atoms with Crippen molar-refractivity contribution in [2.24, 2.45) is 11.8 Å². The first-order chi connectivity index (χ1) is 10.1. The minimum Gasteiger partial charge on any atom is -0.313 e.